The molecular formula is C11H11Br2N3O. The molecule has 0 aliphatic carbocycles. The summed E-state index contributed by atoms with van der Waals surface area (Å²) in [6, 6.07) is 5.80. The maximum absolute atomic E-state index is 5.88. The van der Waals surface area contributed by atoms with Crippen LogP contribution < -0.4 is 10.5 Å². The number of rotatable bonds is 3. The van der Waals surface area contributed by atoms with Crippen molar-refractivity contribution in [2.45, 2.75) is 6.54 Å². The van der Waals surface area contributed by atoms with Crippen LogP contribution in [0.1, 0.15) is 5.56 Å². The molecule has 90 valence electrons. The van der Waals surface area contributed by atoms with Gasteiger partial charge >= 0.3 is 0 Å². The van der Waals surface area contributed by atoms with Gasteiger partial charge in [0.2, 0.25) is 0 Å². The molecule has 1 aromatic heterocycles. The van der Waals surface area contributed by atoms with Crippen LogP contribution in [0, 0.1) is 0 Å². The van der Waals surface area contributed by atoms with Crippen LogP contribution in [0.2, 0.25) is 0 Å². The van der Waals surface area contributed by atoms with E-state index in [0.29, 0.717) is 12.4 Å². The number of ether oxygens (including phenoxy) is 1. The van der Waals surface area contributed by atoms with Crippen LogP contribution in [-0.4, -0.2) is 16.9 Å². The van der Waals surface area contributed by atoms with Crippen molar-refractivity contribution in [2.75, 3.05) is 12.8 Å². The van der Waals surface area contributed by atoms with E-state index in [1.807, 2.05) is 18.2 Å². The van der Waals surface area contributed by atoms with Crippen molar-refractivity contribution in [1.29, 1.82) is 0 Å². The zero-order valence-electron chi connectivity index (χ0n) is 9.15. The van der Waals surface area contributed by atoms with Gasteiger partial charge in [0, 0.05) is 4.47 Å². The summed E-state index contributed by atoms with van der Waals surface area (Å²) < 4.78 is 8.72. The number of nitrogens with two attached hydrogens (primary N) is 1. The smallest absolute Gasteiger partial charge is 0.136 e. The summed E-state index contributed by atoms with van der Waals surface area (Å²) in [5.41, 5.74) is 6.94. The average Bonchev–Trinajstić information content (AvgIpc) is 2.64. The maximum Gasteiger partial charge on any atom is 0.136 e. The van der Waals surface area contributed by atoms with E-state index >= 15 is 0 Å². The van der Waals surface area contributed by atoms with Crippen LogP contribution in [0.15, 0.2) is 33.3 Å². The van der Waals surface area contributed by atoms with Crippen LogP contribution in [0.5, 0.6) is 5.75 Å². The number of methoxy groups -OCH3 is 1. The topological polar surface area (TPSA) is 53.1 Å². The summed E-state index contributed by atoms with van der Waals surface area (Å²) in [7, 11) is 1.64. The van der Waals surface area contributed by atoms with E-state index in [9.17, 15) is 0 Å². The largest absolute Gasteiger partial charge is 0.497 e. The predicted octanol–water partition coefficient (Wildman–Crippen LogP) is 3.05. The first-order chi connectivity index (χ1) is 8.11. The minimum absolute atomic E-state index is 0.592. The third kappa shape index (κ3) is 2.63. The van der Waals surface area contributed by atoms with E-state index in [1.54, 1.807) is 18.0 Å². The quantitative estimate of drug-likeness (QED) is 0.915. The fraction of sp³-hybridized carbons (Fsp3) is 0.182. The summed E-state index contributed by atoms with van der Waals surface area (Å²) in [6.45, 7) is 0.592. The van der Waals surface area contributed by atoms with Gasteiger partial charge in [-0.15, -0.1) is 0 Å². The normalized spacial score (nSPS) is 10.5. The number of aromatic nitrogens is 2. The first-order valence-corrected chi connectivity index (χ1v) is 6.49. The highest BCUT2D eigenvalue weighted by Gasteiger charge is 2.08. The summed E-state index contributed by atoms with van der Waals surface area (Å²) in [6.07, 6.45) is 1.68. The monoisotopic (exact) mass is 359 g/mol. The molecule has 0 aliphatic rings. The molecule has 17 heavy (non-hydrogen) atoms. The zero-order valence-corrected chi connectivity index (χ0v) is 12.3. The van der Waals surface area contributed by atoms with E-state index in [4.69, 9.17) is 10.5 Å². The van der Waals surface area contributed by atoms with Gasteiger partial charge in [-0.1, -0.05) is 15.9 Å². The maximum atomic E-state index is 5.88. The second-order valence-electron chi connectivity index (χ2n) is 3.49. The molecule has 2 N–H and O–H groups in total. The molecule has 2 aromatic rings. The van der Waals surface area contributed by atoms with E-state index < -0.39 is 0 Å². The Bertz CT molecular complexity index is 540. The summed E-state index contributed by atoms with van der Waals surface area (Å²) in [4.78, 5) is 0. The molecule has 0 fully saturated rings. The second-order valence-corrected chi connectivity index (χ2v) is 5.20. The third-order valence-corrected chi connectivity index (χ3v) is 3.79. The van der Waals surface area contributed by atoms with Crippen molar-refractivity contribution in [2.24, 2.45) is 0 Å². The van der Waals surface area contributed by atoms with E-state index in [0.717, 1.165) is 20.3 Å². The van der Waals surface area contributed by atoms with Gasteiger partial charge in [0.05, 0.1) is 24.3 Å². The first kappa shape index (κ1) is 12.4. The van der Waals surface area contributed by atoms with Crippen molar-refractivity contribution in [3.63, 3.8) is 0 Å². The van der Waals surface area contributed by atoms with Crippen molar-refractivity contribution in [1.82, 2.24) is 9.78 Å². The molecule has 2 rings (SSSR count). The Hall–Kier alpha value is -1.01. The molecule has 0 atom stereocenters. The highest BCUT2D eigenvalue weighted by molar-refractivity contribution is 9.10. The van der Waals surface area contributed by atoms with Gasteiger partial charge < -0.3 is 10.5 Å². The number of hydrogen-bond acceptors (Lipinski definition) is 3. The van der Waals surface area contributed by atoms with Crippen LogP contribution in [0.4, 0.5) is 5.82 Å². The summed E-state index contributed by atoms with van der Waals surface area (Å²) >= 11 is 6.83. The summed E-state index contributed by atoms with van der Waals surface area (Å²) in [5.74, 6) is 1.42. The van der Waals surface area contributed by atoms with E-state index in [1.165, 1.54) is 0 Å². The lowest BCUT2D eigenvalue weighted by molar-refractivity contribution is 0.414. The minimum atomic E-state index is 0.592. The van der Waals surface area contributed by atoms with Crippen molar-refractivity contribution < 1.29 is 4.74 Å². The van der Waals surface area contributed by atoms with Crippen molar-refractivity contribution in [3.05, 3.63) is 38.9 Å². The van der Waals surface area contributed by atoms with Crippen LogP contribution in [0.3, 0.4) is 0 Å². The molecule has 6 heteroatoms. The lowest BCUT2D eigenvalue weighted by atomic mass is 10.2. The van der Waals surface area contributed by atoms with Crippen LogP contribution in [0.25, 0.3) is 0 Å². The lowest BCUT2D eigenvalue weighted by Gasteiger charge is -2.08. The molecule has 1 heterocycles. The molecular weight excluding hydrogens is 350 g/mol. The van der Waals surface area contributed by atoms with E-state index in [2.05, 4.69) is 37.0 Å². The highest BCUT2D eigenvalue weighted by Crippen LogP contribution is 2.25. The van der Waals surface area contributed by atoms with Crippen LogP contribution >= 0.6 is 31.9 Å². The zero-order chi connectivity index (χ0) is 12.4. The Morgan fingerprint density at radius 2 is 2.12 bits per heavy atom. The minimum Gasteiger partial charge on any atom is -0.497 e. The Kier molecular flexibility index (Phi) is 3.73. The second kappa shape index (κ2) is 5.10. The Morgan fingerprint density at radius 3 is 2.71 bits per heavy atom. The van der Waals surface area contributed by atoms with Crippen LogP contribution in [-0.2, 0) is 6.54 Å². The number of anilines is 1. The number of halogens is 2. The molecule has 0 spiro atoms. The average molecular weight is 361 g/mol. The molecule has 0 saturated carbocycles. The molecule has 0 unspecified atom stereocenters. The fourth-order valence-corrected chi connectivity index (χ4v) is 2.13. The van der Waals surface area contributed by atoms with E-state index in [-0.39, 0.29) is 0 Å². The SMILES string of the molecule is COc1ccc(Br)c(Cn2ncc(Br)c2N)c1. The Morgan fingerprint density at radius 1 is 1.35 bits per heavy atom. The molecule has 1 aromatic carbocycles. The molecule has 4 nitrogen and oxygen atoms in total. The van der Waals surface area contributed by atoms with Gasteiger partial charge in [0.25, 0.3) is 0 Å². The summed E-state index contributed by atoms with van der Waals surface area (Å²) in [5, 5.41) is 4.19. The van der Waals surface area contributed by atoms with Gasteiger partial charge in [-0.3, -0.25) is 0 Å². The van der Waals surface area contributed by atoms with Crippen molar-refractivity contribution >= 4 is 37.7 Å². The third-order valence-electron chi connectivity index (χ3n) is 2.41. The van der Waals surface area contributed by atoms with Gasteiger partial charge in [0.15, 0.2) is 0 Å². The molecule has 0 bridgehead atoms. The number of nitrogens with zero attached hydrogens (tertiary/aromatic N) is 2. The first-order valence-electron chi connectivity index (χ1n) is 4.91. The van der Waals surface area contributed by atoms with Gasteiger partial charge in [-0.25, -0.2) is 4.68 Å². The molecule has 0 radical (unpaired) electrons. The lowest BCUT2D eigenvalue weighted by Crippen LogP contribution is -2.06. The van der Waals surface area contributed by atoms with Crippen molar-refractivity contribution in [3.8, 4) is 5.75 Å². The highest BCUT2D eigenvalue weighted by atomic mass is 79.9. The standard InChI is InChI=1S/C11H11Br2N3O/c1-17-8-2-3-9(12)7(4-8)6-16-11(14)10(13)5-15-16/h2-5H,6,14H2,1H3. The Balaban J connectivity index is 2.32. The molecule has 0 aliphatic heterocycles. The molecule has 0 amide bonds. The van der Waals surface area contributed by atoms with Gasteiger partial charge in [-0.2, -0.15) is 5.10 Å². The predicted molar refractivity (Wildman–Crippen MR) is 74.1 cm³/mol. The fourth-order valence-electron chi connectivity index (χ4n) is 1.46. The van der Waals surface area contributed by atoms with Gasteiger partial charge in [0.1, 0.15) is 11.6 Å². The number of nitrogen functional groups attached to an aromatic ring is 1. The van der Waals surface area contributed by atoms with Gasteiger partial charge in [-0.05, 0) is 39.7 Å². The number of hydrogen-bond donors (Lipinski definition) is 1. The Labute approximate surface area is 116 Å². The number of benzene rings is 1. The molecule has 0 saturated heterocycles.